The second kappa shape index (κ2) is 6.52. The van der Waals surface area contributed by atoms with E-state index in [0.29, 0.717) is 19.1 Å². The van der Waals surface area contributed by atoms with Crippen LogP contribution in [-0.4, -0.2) is 66.7 Å². The Kier molecular flexibility index (Phi) is 5.14. The van der Waals surface area contributed by atoms with Crippen LogP contribution in [0.4, 0.5) is 13.2 Å². The molecule has 0 bridgehead atoms. The van der Waals surface area contributed by atoms with Gasteiger partial charge in [0.1, 0.15) is 0 Å². The molecule has 2 saturated heterocycles. The minimum atomic E-state index is -4.16. The highest BCUT2D eigenvalue weighted by Gasteiger charge is 2.43. The number of carbonyl (C=O) groups excluding carboxylic acids is 1. The zero-order chi connectivity index (χ0) is 15.6. The number of halogens is 3. The van der Waals surface area contributed by atoms with Crippen LogP contribution < -0.4 is 5.32 Å². The first-order chi connectivity index (χ1) is 9.79. The number of alkyl halides is 3. The minimum absolute atomic E-state index is 0.0405. The van der Waals surface area contributed by atoms with Gasteiger partial charge in [0.25, 0.3) is 0 Å². The van der Waals surface area contributed by atoms with E-state index in [0.717, 1.165) is 13.1 Å². The molecule has 2 aliphatic rings. The van der Waals surface area contributed by atoms with E-state index in [1.165, 1.54) is 0 Å². The van der Waals surface area contributed by atoms with E-state index in [2.05, 4.69) is 24.1 Å². The fraction of sp³-hybridized carbons (Fsp3) is 0.929. The van der Waals surface area contributed by atoms with Crippen LogP contribution in [0.5, 0.6) is 0 Å². The van der Waals surface area contributed by atoms with Crippen LogP contribution in [-0.2, 0) is 4.79 Å². The molecule has 2 aliphatic heterocycles. The van der Waals surface area contributed by atoms with Gasteiger partial charge >= 0.3 is 6.18 Å². The van der Waals surface area contributed by atoms with Crippen LogP contribution >= 0.6 is 0 Å². The van der Waals surface area contributed by atoms with Gasteiger partial charge in [-0.05, 0) is 26.7 Å². The first-order valence-corrected chi connectivity index (χ1v) is 7.62. The fourth-order valence-electron chi connectivity index (χ4n) is 3.03. The number of piperazine rings is 1. The number of rotatable bonds is 2. The fourth-order valence-corrected chi connectivity index (χ4v) is 3.03. The summed E-state index contributed by atoms with van der Waals surface area (Å²) in [4.78, 5) is 16.4. The van der Waals surface area contributed by atoms with Crippen molar-refractivity contribution in [1.82, 2.24) is 15.1 Å². The van der Waals surface area contributed by atoms with Crippen LogP contribution in [0.3, 0.4) is 0 Å². The number of nitrogens with one attached hydrogen (secondary N) is 1. The van der Waals surface area contributed by atoms with Crippen molar-refractivity contribution in [3.8, 4) is 0 Å². The molecule has 7 heteroatoms. The molecule has 0 radical (unpaired) electrons. The Labute approximate surface area is 123 Å². The lowest BCUT2D eigenvalue weighted by atomic mass is 9.93. The summed E-state index contributed by atoms with van der Waals surface area (Å²) in [6.07, 6.45) is -3.85. The standard InChI is InChI=1S/C14H24F3N3O/c1-10(2)19-5-7-20(8-6-19)13(21)12-4-3-11(9-18-12)14(15,16)17/h10-12,18H,3-9H2,1-2H3. The van der Waals surface area contributed by atoms with Gasteiger partial charge in [-0.2, -0.15) is 13.2 Å². The SMILES string of the molecule is CC(C)N1CCN(C(=O)C2CCC(C(F)(F)F)CN2)CC1. The van der Waals surface area contributed by atoms with E-state index in [1.807, 2.05) is 0 Å². The zero-order valence-electron chi connectivity index (χ0n) is 12.6. The first-order valence-electron chi connectivity index (χ1n) is 7.62. The molecule has 0 aromatic carbocycles. The van der Waals surface area contributed by atoms with Gasteiger partial charge in [0.15, 0.2) is 0 Å². The van der Waals surface area contributed by atoms with Crippen LogP contribution in [0.1, 0.15) is 26.7 Å². The average molecular weight is 307 g/mol. The number of hydrogen-bond acceptors (Lipinski definition) is 3. The van der Waals surface area contributed by atoms with Gasteiger partial charge in [0.05, 0.1) is 12.0 Å². The molecule has 1 N–H and O–H groups in total. The maximum Gasteiger partial charge on any atom is 0.393 e. The number of nitrogens with zero attached hydrogens (tertiary/aromatic N) is 2. The highest BCUT2D eigenvalue weighted by Crippen LogP contribution is 2.32. The number of hydrogen-bond donors (Lipinski definition) is 1. The Morgan fingerprint density at radius 1 is 1.14 bits per heavy atom. The highest BCUT2D eigenvalue weighted by molar-refractivity contribution is 5.82. The third kappa shape index (κ3) is 4.10. The monoisotopic (exact) mass is 307 g/mol. The lowest BCUT2D eigenvalue weighted by Crippen LogP contribution is -2.57. The summed E-state index contributed by atoms with van der Waals surface area (Å²) < 4.78 is 37.8. The Morgan fingerprint density at radius 2 is 1.76 bits per heavy atom. The summed E-state index contributed by atoms with van der Waals surface area (Å²) in [6, 6.07) is 0.0109. The molecule has 2 fully saturated rings. The molecular weight excluding hydrogens is 283 g/mol. The summed E-state index contributed by atoms with van der Waals surface area (Å²) in [7, 11) is 0. The molecule has 0 aromatic rings. The molecule has 1 amide bonds. The predicted molar refractivity (Wildman–Crippen MR) is 73.9 cm³/mol. The first kappa shape index (κ1) is 16.5. The molecule has 4 nitrogen and oxygen atoms in total. The van der Waals surface area contributed by atoms with Crippen LogP contribution in [0.15, 0.2) is 0 Å². The molecule has 2 unspecified atom stereocenters. The van der Waals surface area contributed by atoms with Crippen molar-refractivity contribution in [3.63, 3.8) is 0 Å². The number of carbonyl (C=O) groups is 1. The summed E-state index contributed by atoms with van der Waals surface area (Å²) in [5.41, 5.74) is 0. The quantitative estimate of drug-likeness (QED) is 0.839. The van der Waals surface area contributed by atoms with Crippen LogP contribution in [0.25, 0.3) is 0 Å². The molecule has 0 spiro atoms. The van der Waals surface area contributed by atoms with Crippen molar-refractivity contribution in [2.75, 3.05) is 32.7 Å². The summed E-state index contributed by atoms with van der Waals surface area (Å²) in [5, 5.41) is 2.78. The highest BCUT2D eigenvalue weighted by atomic mass is 19.4. The molecule has 2 rings (SSSR count). The Morgan fingerprint density at radius 3 is 2.19 bits per heavy atom. The predicted octanol–water partition coefficient (Wildman–Crippen LogP) is 1.47. The maximum atomic E-state index is 12.6. The zero-order valence-corrected chi connectivity index (χ0v) is 12.6. The number of piperidine rings is 1. The maximum absolute atomic E-state index is 12.6. The van der Waals surface area contributed by atoms with Crippen molar-refractivity contribution in [2.24, 2.45) is 5.92 Å². The minimum Gasteiger partial charge on any atom is -0.339 e. The van der Waals surface area contributed by atoms with Crippen molar-refractivity contribution in [3.05, 3.63) is 0 Å². The smallest absolute Gasteiger partial charge is 0.339 e. The van der Waals surface area contributed by atoms with Crippen LogP contribution in [0.2, 0.25) is 0 Å². The third-order valence-corrected chi connectivity index (χ3v) is 4.53. The van der Waals surface area contributed by atoms with Crippen molar-refractivity contribution in [2.45, 2.75) is 44.9 Å². The van der Waals surface area contributed by atoms with E-state index >= 15 is 0 Å². The molecule has 0 saturated carbocycles. The molecule has 2 atom stereocenters. The summed E-state index contributed by atoms with van der Waals surface area (Å²) in [5.74, 6) is -1.36. The van der Waals surface area contributed by atoms with Gasteiger partial charge in [0, 0.05) is 38.8 Å². The molecular formula is C14H24F3N3O. The van der Waals surface area contributed by atoms with Gasteiger partial charge < -0.3 is 10.2 Å². The van der Waals surface area contributed by atoms with Gasteiger partial charge in [-0.1, -0.05) is 0 Å². The Balaban J connectivity index is 1.80. The van der Waals surface area contributed by atoms with E-state index in [1.54, 1.807) is 4.90 Å². The van der Waals surface area contributed by atoms with Crippen molar-refractivity contribution >= 4 is 5.91 Å². The Bertz CT molecular complexity index is 357. The molecule has 122 valence electrons. The molecule has 0 aliphatic carbocycles. The van der Waals surface area contributed by atoms with E-state index < -0.39 is 18.1 Å². The van der Waals surface area contributed by atoms with Gasteiger partial charge in [-0.3, -0.25) is 9.69 Å². The summed E-state index contributed by atoms with van der Waals surface area (Å²) in [6.45, 7) is 7.10. The van der Waals surface area contributed by atoms with Gasteiger partial charge in [-0.25, -0.2) is 0 Å². The van der Waals surface area contributed by atoms with Gasteiger partial charge in [0.2, 0.25) is 5.91 Å². The van der Waals surface area contributed by atoms with Crippen LogP contribution in [0, 0.1) is 5.92 Å². The molecule has 0 aromatic heterocycles. The number of amides is 1. The lowest BCUT2D eigenvalue weighted by molar-refractivity contribution is -0.180. The Hall–Kier alpha value is -0.820. The molecule has 2 heterocycles. The lowest BCUT2D eigenvalue weighted by Gasteiger charge is -2.39. The topological polar surface area (TPSA) is 35.6 Å². The van der Waals surface area contributed by atoms with Crippen molar-refractivity contribution < 1.29 is 18.0 Å². The van der Waals surface area contributed by atoms with Crippen molar-refractivity contribution in [1.29, 1.82) is 0 Å². The second-order valence-electron chi connectivity index (χ2n) is 6.23. The normalized spacial score (nSPS) is 29.0. The second-order valence-corrected chi connectivity index (χ2v) is 6.23. The largest absolute Gasteiger partial charge is 0.393 e. The van der Waals surface area contributed by atoms with E-state index in [4.69, 9.17) is 0 Å². The average Bonchev–Trinajstić information content (AvgIpc) is 2.46. The van der Waals surface area contributed by atoms with E-state index in [-0.39, 0.29) is 25.3 Å². The van der Waals surface area contributed by atoms with Gasteiger partial charge in [-0.15, -0.1) is 0 Å². The summed E-state index contributed by atoms with van der Waals surface area (Å²) >= 11 is 0. The molecule has 21 heavy (non-hydrogen) atoms. The third-order valence-electron chi connectivity index (χ3n) is 4.53. The van der Waals surface area contributed by atoms with E-state index in [9.17, 15) is 18.0 Å².